The van der Waals surface area contributed by atoms with Crippen molar-refractivity contribution in [2.75, 3.05) is 19.6 Å². The Bertz CT molecular complexity index is 187. The minimum Gasteiger partial charge on any atom is -0.392 e. The zero-order valence-corrected chi connectivity index (χ0v) is 8.79. The van der Waals surface area contributed by atoms with Crippen LogP contribution in [0.5, 0.6) is 0 Å². The van der Waals surface area contributed by atoms with Gasteiger partial charge in [0.15, 0.2) is 0 Å². The highest BCUT2D eigenvalue weighted by atomic mass is 16.3. The molecule has 0 aromatic carbocycles. The summed E-state index contributed by atoms with van der Waals surface area (Å²) in [7, 11) is 0. The van der Waals surface area contributed by atoms with Gasteiger partial charge in [0.25, 0.3) is 0 Å². The maximum atomic E-state index is 9.78. The van der Waals surface area contributed by atoms with Crippen LogP contribution in [0.15, 0.2) is 0 Å². The number of aliphatic hydroxyl groups is 1. The van der Waals surface area contributed by atoms with Gasteiger partial charge in [-0.15, -0.1) is 0 Å². The predicted octanol–water partition coefficient (Wildman–Crippen LogP) is 1.49. The van der Waals surface area contributed by atoms with Crippen molar-refractivity contribution in [3.63, 3.8) is 0 Å². The van der Waals surface area contributed by atoms with Gasteiger partial charge in [-0.25, -0.2) is 0 Å². The van der Waals surface area contributed by atoms with Gasteiger partial charge in [-0.2, -0.15) is 0 Å². The van der Waals surface area contributed by atoms with E-state index in [1.165, 1.54) is 25.8 Å². The normalized spacial score (nSPS) is 30.7. The number of β-amino-alcohol motifs (C(OH)–C–C–N with tert-alkyl or cyclic N) is 1. The Labute approximate surface area is 80.9 Å². The largest absolute Gasteiger partial charge is 0.392 e. The van der Waals surface area contributed by atoms with E-state index in [2.05, 4.69) is 18.7 Å². The van der Waals surface area contributed by atoms with E-state index in [9.17, 15) is 5.11 Å². The van der Waals surface area contributed by atoms with Crippen molar-refractivity contribution in [3.05, 3.63) is 0 Å². The van der Waals surface area contributed by atoms with Crippen LogP contribution in [0.2, 0.25) is 0 Å². The smallest absolute Gasteiger partial charge is 0.0695 e. The zero-order chi connectivity index (χ0) is 9.47. The van der Waals surface area contributed by atoms with Crippen LogP contribution in [0, 0.1) is 11.3 Å². The molecular weight excluding hydrogens is 162 g/mol. The molecule has 13 heavy (non-hydrogen) atoms. The Morgan fingerprint density at radius 2 is 2.15 bits per heavy atom. The molecule has 2 fully saturated rings. The number of nitrogens with zero attached hydrogens (tertiary/aromatic N) is 1. The first-order valence-corrected chi connectivity index (χ1v) is 5.47. The average molecular weight is 183 g/mol. The van der Waals surface area contributed by atoms with Crippen molar-refractivity contribution in [3.8, 4) is 0 Å². The number of hydrogen-bond acceptors (Lipinski definition) is 2. The van der Waals surface area contributed by atoms with Crippen LogP contribution in [-0.4, -0.2) is 35.7 Å². The van der Waals surface area contributed by atoms with E-state index in [-0.39, 0.29) is 6.10 Å². The van der Waals surface area contributed by atoms with Crippen LogP contribution in [-0.2, 0) is 0 Å². The SMILES string of the molecule is CC1(C)CCN(CC(O)C2CC2)C1. The second-order valence-corrected chi connectivity index (χ2v) is 5.55. The fourth-order valence-electron chi connectivity index (χ4n) is 2.27. The Hall–Kier alpha value is -0.0800. The van der Waals surface area contributed by atoms with Gasteiger partial charge in [0.05, 0.1) is 6.10 Å². The number of hydrogen-bond donors (Lipinski definition) is 1. The summed E-state index contributed by atoms with van der Waals surface area (Å²) in [6, 6.07) is 0. The third kappa shape index (κ3) is 2.44. The minimum absolute atomic E-state index is 0.0473. The molecule has 1 saturated carbocycles. The van der Waals surface area contributed by atoms with Crippen molar-refractivity contribution in [2.45, 2.75) is 39.2 Å². The third-order valence-electron chi connectivity index (χ3n) is 3.37. The summed E-state index contributed by atoms with van der Waals surface area (Å²) in [4.78, 5) is 2.42. The molecule has 2 nitrogen and oxygen atoms in total. The van der Waals surface area contributed by atoms with Crippen LogP contribution < -0.4 is 0 Å². The molecule has 0 amide bonds. The molecule has 1 heterocycles. The topological polar surface area (TPSA) is 23.5 Å². The summed E-state index contributed by atoms with van der Waals surface area (Å²) in [5.41, 5.74) is 0.475. The van der Waals surface area contributed by atoms with Gasteiger partial charge in [-0.05, 0) is 37.1 Å². The summed E-state index contributed by atoms with van der Waals surface area (Å²) in [6.07, 6.45) is 3.73. The first kappa shape index (κ1) is 9.47. The summed E-state index contributed by atoms with van der Waals surface area (Å²) in [6.45, 7) is 7.88. The summed E-state index contributed by atoms with van der Waals surface area (Å²) in [5.74, 6) is 0.628. The maximum Gasteiger partial charge on any atom is 0.0695 e. The average Bonchev–Trinajstić information content (AvgIpc) is 2.78. The molecular formula is C11H21NO. The van der Waals surface area contributed by atoms with Crippen molar-refractivity contribution in [1.29, 1.82) is 0 Å². The highest BCUT2D eigenvalue weighted by Gasteiger charge is 2.34. The highest BCUT2D eigenvalue weighted by Crippen LogP contribution is 2.34. The van der Waals surface area contributed by atoms with Crippen LogP contribution in [0.25, 0.3) is 0 Å². The Morgan fingerprint density at radius 1 is 1.46 bits per heavy atom. The molecule has 1 N–H and O–H groups in total. The van der Waals surface area contributed by atoms with Crippen molar-refractivity contribution in [2.24, 2.45) is 11.3 Å². The van der Waals surface area contributed by atoms with Gasteiger partial charge in [-0.3, -0.25) is 0 Å². The van der Waals surface area contributed by atoms with Gasteiger partial charge in [0.2, 0.25) is 0 Å². The lowest BCUT2D eigenvalue weighted by molar-refractivity contribution is 0.102. The van der Waals surface area contributed by atoms with Crippen LogP contribution in [0.4, 0.5) is 0 Å². The first-order chi connectivity index (χ1) is 6.07. The third-order valence-corrected chi connectivity index (χ3v) is 3.37. The Kier molecular flexibility index (Phi) is 2.37. The number of rotatable bonds is 3. The molecule has 0 spiro atoms. The van der Waals surface area contributed by atoms with Crippen molar-refractivity contribution in [1.82, 2.24) is 4.90 Å². The Morgan fingerprint density at radius 3 is 2.62 bits per heavy atom. The fraction of sp³-hybridized carbons (Fsp3) is 1.00. The van der Waals surface area contributed by atoms with Gasteiger partial charge in [-0.1, -0.05) is 13.8 Å². The van der Waals surface area contributed by atoms with E-state index in [0.29, 0.717) is 11.3 Å². The molecule has 0 radical (unpaired) electrons. The second-order valence-electron chi connectivity index (χ2n) is 5.55. The summed E-state index contributed by atoms with van der Waals surface area (Å²) >= 11 is 0. The molecule has 2 heteroatoms. The van der Waals surface area contributed by atoms with Crippen molar-refractivity contribution < 1.29 is 5.11 Å². The number of aliphatic hydroxyl groups excluding tert-OH is 1. The van der Waals surface area contributed by atoms with Gasteiger partial charge in [0, 0.05) is 13.1 Å². The Balaban J connectivity index is 1.76. The molecule has 0 bridgehead atoms. The fourth-order valence-corrected chi connectivity index (χ4v) is 2.27. The molecule has 0 aromatic heterocycles. The zero-order valence-electron chi connectivity index (χ0n) is 8.79. The monoisotopic (exact) mass is 183 g/mol. The predicted molar refractivity (Wildman–Crippen MR) is 53.6 cm³/mol. The minimum atomic E-state index is -0.0473. The highest BCUT2D eigenvalue weighted by molar-refractivity contribution is 4.87. The summed E-state index contributed by atoms with van der Waals surface area (Å²) < 4.78 is 0. The molecule has 1 unspecified atom stereocenters. The maximum absolute atomic E-state index is 9.78. The molecule has 2 aliphatic rings. The standard InChI is InChI=1S/C11H21NO/c1-11(2)5-6-12(8-11)7-10(13)9-3-4-9/h9-10,13H,3-8H2,1-2H3. The van der Waals surface area contributed by atoms with E-state index in [0.717, 1.165) is 13.1 Å². The molecule has 0 aromatic rings. The van der Waals surface area contributed by atoms with E-state index in [4.69, 9.17) is 0 Å². The van der Waals surface area contributed by atoms with Gasteiger partial charge >= 0.3 is 0 Å². The molecule has 1 aliphatic carbocycles. The molecule has 1 saturated heterocycles. The molecule has 1 aliphatic heterocycles. The van der Waals surface area contributed by atoms with Crippen LogP contribution in [0.1, 0.15) is 33.1 Å². The molecule has 2 rings (SSSR count). The van der Waals surface area contributed by atoms with E-state index in [1.54, 1.807) is 0 Å². The summed E-state index contributed by atoms with van der Waals surface area (Å²) in [5, 5.41) is 9.78. The quantitative estimate of drug-likeness (QED) is 0.716. The number of likely N-dealkylation sites (tertiary alicyclic amines) is 1. The van der Waals surface area contributed by atoms with Crippen LogP contribution >= 0.6 is 0 Å². The van der Waals surface area contributed by atoms with Crippen LogP contribution in [0.3, 0.4) is 0 Å². The van der Waals surface area contributed by atoms with E-state index >= 15 is 0 Å². The van der Waals surface area contributed by atoms with Gasteiger partial charge < -0.3 is 10.0 Å². The van der Waals surface area contributed by atoms with Gasteiger partial charge in [0.1, 0.15) is 0 Å². The first-order valence-electron chi connectivity index (χ1n) is 5.47. The lowest BCUT2D eigenvalue weighted by Gasteiger charge is -2.22. The van der Waals surface area contributed by atoms with E-state index in [1.807, 2.05) is 0 Å². The van der Waals surface area contributed by atoms with Crippen molar-refractivity contribution >= 4 is 0 Å². The lowest BCUT2D eigenvalue weighted by Crippen LogP contribution is -2.32. The lowest BCUT2D eigenvalue weighted by atomic mass is 9.93. The second kappa shape index (κ2) is 3.25. The van der Waals surface area contributed by atoms with E-state index < -0.39 is 0 Å². The molecule has 1 atom stereocenters. The molecule has 76 valence electrons.